The van der Waals surface area contributed by atoms with E-state index in [9.17, 15) is 8.78 Å². The normalized spacial score (nSPS) is 28.7. The molecule has 0 bridgehead atoms. The predicted octanol–water partition coefficient (Wildman–Crippen LogP) is 3.03. The molecular formula is C14H19F2NO. The fraction of sp³-hybridized carbons (Fsp3) is 0.571. The van der Waals surface area contributed by atoms with Gasteiger partial charge in [0.25, 0.3) is 0 Å². The number of benzene rings is 1. The first kappa shape index (κ1) is 13.4. The number of hydrogen-bond donors (Lipinski definition) is 1. The van der Waals surface area contributed by atoms with Gasteiger partial charge in [-0.2, -0.15) is 0 Å². The highest BCUT2D eigenvalue weighted by Crippen LogP contribution is 2.34. The third-order valence-corrected chi connectivity index (χ3v) is 3.66. The minimum absolute atomic E-state index is 0.227. The predicted molar refractivity (Wildman–Crippen MR) is 66.0 cm³/mol. The van der Waals surface area contributed by atoms with E-state index < -0.39 is 17.7 Å². The van der Waals surface area contributed by atoms with Crippen molar-refractivity contribution in [3.63, 3.8) is 0 Å². The molecule has 1 saturated heterocycles. The van der Waals surface area contributed by atoms with Crippen LogP contribution in [-0.2, 0) is 4.74 Å². The van der Waals surface area contributed by atoms with Gasteiger partial charge in [-0.15, -0.1) is 0 Å². The van der Waals surface area contributed by atoms with Gasteiger partial charge in [0, 0.05) is 11.6 Å². The molecule has 100 valence electrons. The summed E-state index contributed by atoms with van der Waals surface area (Å²) in [6.45, 7) is 4.78. The van der Waals surface area contributed by atoms with Crippen molar-refractivity contribution in [2.75, 3.05) is 6.61 Å². The summed E-state index contributed by atoms with van der Waals surface area (Å²) < 4.78 is 32.5. The van der Waals surface area contributed by atoms with Crippen LogP contribution in [0.2, 0.25) is 0 Å². The third kappa shape index (κ3) is 2.70. The van der Waals surface area contributed by atoms with E-state index in [0.717, 1.165) is 18.6 Å². The summed E-state index contributed by atoms with van der Waals surface area (Å²) >= 11 is 0. The molecule has 1 fully saturated rings. The molecule has 3 atom stereocenters. The van der Waals surface area contributed by atoms with E-state index in [1.54, 1.807) is 0 Å². The van der Waals surface area contributed by atoms with E-state index in [0.29, 0.717) is 18.4 Å². The zero-order chi connectivity index (χ0) is 13.3. The van der Waals surface area contributed by atoms with Gasteiger partial charge in [-0.3, -0.25) is 0 Å². The van der Waals surface area contributed by atoms with Crippen molar-refractivity contribution in [1.29, 1.82) is 0 Å². The van der Waals surface area contributed by atoms with Crippen molar-refractivity contribution in [2.24, 2.45) is 17.6 Å². The Labute approximate surface area is 106 Å². The van der Waals surface area contributed by atoms with Crippen LogP contribution in [0.25, 0.3) is 0 Å². The minimum Gasteiger partial charge on any atom is -0.371 e. The van der Waals surface area contributed by atoms with Crippen molar-refractivity contribution in [1.82, 2.24) is 0 Å². The quantitative estimate of drug-likeness (QED) is 0.881. The monoisotopic (exact) mass is 255 g/mol. The molecule has 0 aromatic heterocycles. The van der Waals surface area contributed by atoms with Gasteiger partial charge in [-0.05, 0) is 36.5 Å². The van der Waals surface area contributed by atoms with Crippen LogP contribution in [0, 0.1) is 23.5 Å². The summed E-state index contributed by atoms with van der Waals surface area (Å²) in [6, 6.07) is 3.11. The summed E-state index contributed by atoms with van der Waals surface area (Å²) in [4.78, 5) is 0. The fourth-order valence-electron chi connectivity index (χ4n) is 2.41. The van der Waals surface area contributed by atoms with Crippen LogP contribution in [0.1, 0.15) is 31.9 Å². The molecule has 2 nitrogen and oxygen atoms in total. The average molecular weight is 255 g/mol. The molecule has 1 aromatic carbocycles. The molecule has 1 heterocycles. The molecule has 0 saturated carbocycles. The first-order valence-corrected chi connectivity index (χ1v) is 6.31. The molecular weight excluding hydrogens is 236 g/mol. The summed E-state index contributed by atoms with van der Waals surface area (Å²) in [5, 5.41) is 0. The lowest BCUT2D eigenvalue weighted by molar-refractivity contribution is -0.0444. The molecule has 1 aliphatic heterocycles. The topological polar surface area (TPSA) is 35.2 Å². The van der Waals surface area contributed by atoms with Crippen LogP contribution in [0.5, 0.6) is 0 Å². The molecule has 1 aromatic rings. The fourth-order valence-corrected chi connectivity index (χ4v) is 2.41. The highest BCUT2D eigenvalue weighted by atomic mass is 19.1. The van der Waals surface area contributed by atoms with Crippen molar-refractivity contribution < 1.29 is 13.5 Å². The smallest absolute Gasteiger partial charge is 0.129 e. The van der Waals surface area contributed by atoms with E-state index >= 15 is 0 Å². The van der Waals surface area contributed by atoms with Crippen molar-refractivity contribution in [2.45, 2.75) is 32.4 Å². The summed E-state index contributed by atoms with van der Waals surface area (Å²) in [5.74, 6) is -0.0599. The van der Waals surface area contributed by atoms with Crippen molar-refractivity contribution in [3.05, 3.63) is 35.4 Å². The van der Waals surface area contributed by atoms with Gasteiger partial charge in [-0.1, -0.05) is 13.8 Å². The van der Waals surface area contributed by atoms with Crippen LogP contribution in [0.3, 0.4) is 0 Å². The largest absolute Gasteiger partial charge is 0.371 e. The van der Waals surface area contributed by atoms with E-state index in [1.165, 1.54) is 6.07 Å². The molecule has 4 heteroatoms. The summed E-state index contributed by atoms with van der Waals surface area (Å²) in [7, 11) is 0. The van der Waals surface area contributed by atoms with Gasteiger partial charge in [0.15, 0.2) is 0 Å². The molecule has 2 N–H and O–H groups in total. The Morgan fingerprint density at radius 3 is 2.67 bits per heavy atom. The molecule has 0 aliphatic carbocycles. The van der Waals surface area contributed by atoms with E-state index in [2.05, 4.69) is 13.8 Å². The van der Waals surface area contributed by atoms with Gasteiger partial charge >= 0.3 is 0 Å². The van der Waals surface area contributed by atoms with Crippen LogP contribution in [0.4, 0.5) is 8.78 Å². The van der Waals surface area contributed by atoms with E-state index in [1.807, 2.05) is 0 Å². The molecule has 18 heavy (non-hydrogen) atoms. The van der Waals surface area contributed by atoms with E-state index in [-0.39, 0.29) is 11.6 Å². The Morgan fingerprint density at radius 2 is 2.06 bits per heavy atom. The Kier molecular flexibility index (Phi) is 3.97. The third-order valence-electron chi connectivity index (χ3n) is 3.66. The highest BCUT2D eigenvalue weighted by Gasteiger charge is 2.32. The van der Waals surface area contributed by atoms with Crippen LogP contribution < -0.4 is 5.73 Å². The minimum atomic E-state index is -0.546. The number of ether oxygens (including phenoxy) is 1. The molecule has 0 unspecified atom stereocenters. The van der Waals surface area contributed by atoms with E-state index in [4.69, 9.17) is 10.5 Å². The SMILES string of the molecule is CC(C)[C@H]1CO[C@H](c2cc(F)ccc2F)[C@@H](N)C1. The summed E-state index contributed by atoms with van der Waals surface area (Å²) in [5.41, 5.74) is 6.27. The standard InChI is InChI=1S/C14H19F2NO/c1-8(2)9-5-13(17)14(18-7-9)11-6-10(15)3-4-12(11)16/h3-4,6,8-9,13-14H,5,7,17H2,1-2H3/t9-,13+,14-/m1/s1. The first-order valence-electron chi connectivity index (χ1n) is 6.31. The first-order chi connectivity index (χ1) is 8.49. The maximum Gasteiger partial charge on any atom is 0.129 e. The number of nitrogens with two attached hydrogens (primary N) is 1. The second kappa shape index (κ2) is 5.33. The molecule has 0 radical (unpaired) electrons. The molecule has 2 rings (SSSR count). The van der Waals surface area contributed by atoms with Gasteiger partial charge in [-0.25, -0.2) is 8.78 Å². The van der Waals surface area contributed by atoms with Gasteiger partial charge in [0.05, 0.1) is 6.61 Å². The Balaban J connectivity index is 2.17. The average Bonchev–Trinajstić information content (AvgIpc) is 2.32. The lowest BCUT2D eigenvalue weighted by Gasteiger charge is -2.36. The Morgan fingerprint density at radius 1 is 1.33 bits per heavy atom. The number of halogens is 2. The molecule has 1 aliphatic rings. The van der Waals surface area contributed by atoms with Crippen molar-refractivity contribution >= 4 is 0 Å². The van der Waals surface area contributed by atoms with Crippen LogP contribution in [-0.4, -0.2) is 12.6 Å². The Bertz CT molecular complexity index is 422. The van der Waals surface area contributed by atoms with Gasteiger partial charge in [0.1, 0.15) is 17.7 Å². The van der Waals surface area contributed by atoms with Crippen LogP contribution in [0.15, 0.2) is 18.2 Å². The lowest BCUT2D eigenvalue weighted by atomic mass is 9.84. The molecule has 0 spiro atoms. The van der Waals surface area contributed by atoms with Crippen LogP contribution >= 0.6 is 0 Å². The zero-order valence-electron chi connectivity index (χ0n) is 10.7. The maximum atomic E-state index is 13.7. The summed E-state index contributed by atoms with van der Waals surface area (Å²) in [6.07, 6.45) is 0.230. The Hall–Kier alpha value is -1.00. The lowest BCUT2D eigenvalue weighted by Crippen LogP contribution is -2.40. The zero-order valence-corrected chi connectivity index (χ0v) is 10.7. The highest BCUT2D eigenvalue weighted by molar-refractivity contribution is 5.23. The number of rotatable bonds is 2. The second-order valence-electron chi connectivity index (χ2n) is 5.32. The van der Waals surface area contributed by atoms with Crippen molar-refractivity contribution in [3.8, 4) is 0 Å². The second-order valence-corrected chi connectivity index (χ2v) is 5.32. The number of hydrogen-bond acceptors (Lipinski definition) is 2. The van der Waals surface area contributed by atoms with Gasteiger partial charge < -0.3 is 10.5 Å². The van der Waals surface area contributed by atoms with Gasteiger partial charge in [0.2, 0.25) is 0 Å². The molecule has 0 amide bonds. The maximum absolute atomic E-state index is 13.7.